The molecule has 1 atom stereocenters. The van der Waals surface area contributed by atoms with Gasteiger partial charge in [-0.05, 0) is 26.1 Å². The van der Waals surface area contributed by atoms with Crippen LogP contribution < -0.4 is 5.43 Å². The third kappa shape index (κ3) is 2.86. The number of quaternary nitrogens is 1. The van der Waals surface area contributed by atoms with Crippen molar-refractivity contribution in [3.8, 4) is 0 Å². The molecule has 1 aliphatic heterocycles. The van der Waals surface area contributed by atoms with E-state index < -0.39 is 0 Å². The van der Waals surface area contributed by atoms with Gasteiger partial charge >= 0.3 is 6.03 Å². The highest BCUT2D eigenvalue weighted by Gasteiger charge is 2.43. The first-order valence-electron chi connectivity index (χ1n) is 6.70. The summed E-state index contributed by atoms with van der Waals surface area (Å²) in [6, 6.07) is 9.82. The lowest BCUT2D eigenvalue weighted by Crippen LogP contribution is -2.62. The highest BCUT2D eigenvalue weighted by atomic mass is 32.1. The molecule has 6 heteroatoms. The third-order valence-electron chi connectivity index (χ3n) is 3.32. The Morgan fingerprint density at radius 1 is 1.30 bits per heavy atom. The molecule has 0 fully saturated rings. The standard InChI is InChI=1S/C14H18N4OS/c1-3-17(4-2)14(19)18(11-15-13(20)16-18)10-12-8-6-5-7-9-12/h5-9,11H,3-4,10H2,1-2H3/p+1. The van der Waals surface area contributed by atoms with Crippen molar-refractivity contribution >= 4 is 29.7 Å². The van der Waals surface area contributed by atoms with E-state index in [-0.39, 0.29) is 10.6 Å². The van der Waals surface area contributed by atoms with Gasteiger partial charge in [-0.1, -0.05) is 34.9 Å². The maximum Gasteiger partial charge on any atom is 0.450 e. The molecule has 2 rings (SSSR count). The van der Waals surface area contributed by atoms with Crippen LogP contribution in [0.4, 0.5) is 4.79 Å². The second kappa shape index (κ2) is 6.11. The summed E-state index contributed by atoms with van der Waals surface area (Å²) in [5, 5.41) is 0.349. The molecule has 5 nitrogen and oxygen atoms in total. The fraction of sp³-hybridized carbons (Fsp3) is 0.357. The SMILES string of the molecule is CCN(CC)C(=O)[N+]1(Cc2ccccc2)C=NC(=S)N1. The predicted molar refractivity (Wildman–Crippen MR) is 82.9 cm³/mol. The van der Waals surface area contributed by atoms with Crippen LogP contribution in [0.15, 0.2) is 35.3 Å². The topological polar surface area (TPSA) is 44.7 Å². The van der Waals surface area contributed by atoms with E-state index in [0.717, 1.165) is 5.56 Å². The molecule has 0 saturated carbocycles. The van der Waals surface area contributed by atoms with Gasteiger partial charge < -0.3 is 0 Å². The molecule has 1 unspecified atom stereocenters. The van der Waals surface area contributed by atoms with E-state index in [1.54, 1.807) is 11.2 Å². The lowest BCUT2D eigenvalue weighted by atomic mass is 10.2. The minimum atomic E-state index is -0.0788. The molecule has 0 radical (unpaired) electrons. The molecule has 1 aromatic carbocycles. The second-order valence-electron chi connectivity index (χ2n) is 4.63. The van der Waals surface area contributed by atoms with Gasteiger partial charge in [0.25, 0.3) is 0 Å². The molecule has 20 heavy (non-hydrogen) atoms. The predicted octanol–water partition coefficient (Wildman–Crippen LogP) is 2.30. The van der Waals surface area contributed by atoms with Crippen molar-refractivity contribution in [3.05, 3.63) is 35.9 Å². The maximum absolute atomic E-state index is 12.8. The number of carbonyl (C=O) groups excluding carboxylic acids is 1. The van der Waals surface area contributed by atoms with Gasteiger partial charge in [0.05, 0.1) is 0 Å². The molecular formula is C14H19N4OS+. The van der Waals surface area contributed by atoms with Gasteiger partial charge in [0, 0.05) is 18.7 Å². The van der Waals surface area contributed by atoms with Crippen molar-refractivity contribution in [1.82, 2.24) is 10.3 Å². The highest BCUT2D eigenvalue weighted by molar-refractivity contribution is 7.80. The Kier molecular flexibility index (Phi) is 4.46. The first-order chi connectivity index (χ1) is 9.61. The maximum atomic E-state index is 12.8. The smallest absolute Gasteiger partial charge is 0.290 e. The van der Waals surface area contributed by atoms with E-state index in [4.69, 9.17) is 12.2 Å². The van der Waals surface area contributed by atoms with Crippen molar-refractivity contribution < 1.29 is 9.39 Å². The van der Waals surface area contributed by atoms with E-state index >= 15 is 0 Å². The van der Waals surface area contributed by atoms with Gasteiger partial charge in [-0.3, -0.25) is 4.90 Å². The van der Waals surface area contributed by atoms with E-state index in [9.17, 15) is 4.79 Å². The monoisotopic (exact) mass is 291 g/mol. The van der Waals surface area contributed by atoms with Crippen LogP contribution in [-0.4, -0.2) is 40.1 Å². The molecule has 106 valence electrons. The second-order valence-corrected chi connectivity index (χ2v) is 5.02. The zero-order valence-electron chi connectivity index (χ0n) is 11.7. The quantitative estimate of drug-likeness (QED) is 0.684. The normalized spacial score (nSPS) is 20.8. The Morgan fingerprint density at radius 2 is 1.95 bits per heavy atom. The Labute approximate surface area is 124 Å². The van der Waals surface area contributed by atoms with Crippen molar-refractivity contribution in [2.24, 2.45) is 4.99 Å². The van der Waals surface area contributed by atoms with Gasteiger partial charge in [0.15, 0.2) is 0 Å². The molecule has 0 aliphatic carbocycles. The molecule has 0 saturated heterocycles. The third-order valence-corrected chi connectivity index (χ3v) is 3.51. The number of hydrogen-bond donors (Lipinski definition) is 1. The number of benzene rings is 1. The van der Waals surface area contributed by atoms with Crippen LogP contribution in [0, 0.1) is 0 Å². The number of nitrogens with zero attached hydrogens (tertiary/aromatic N) is 3. The van der Waals surface area contributed by atoms with Crippen molar-refractivity contribution in [2.75, 3.05) is 13.1 Å². The average Bonchev–Trinajstić information content (AvgIpc) is 2.83. The molecule has 0 spiro atoms. The number of hydrogen-bond acceptors (Lipinski definition) is 2. The molecular weight excluding hydrogens is 272 g/mol. The van der Waals surface area contributed by atoms with Crippen LogP contribution in [-0.2, 0) is 6.54 Å². The zero-order valence-corrected chi connectivity index (χ0v) is 12.6. The summed E-state index contributed by atoms with van der Waals surface area (Å²) in [5.74, 6) is 0. The number of aliphatic imine (C=N–C) groups is 1. The van der Waals surface area contributed by atoms with Gasteiger partial charge in [0.2, 0.25) is 11.5 Å². The van der Waals surface area contributed by atoms with Gasteiger partial charge in [-0.25, -0.2) is 4.79 Å². The van der Waals surface area contributed by atoms with Crippen LogP contribution in [0.25, 0.3) is 0 Å². The summed E-state index contributed by atoms with van der Waals surface area (Å²) in [7, 11) is 0. The fourth-order valence-electron chi connectivity index (χ4n) is 2.24. The summed E-state index contributed by atoms with van der Waals surface area (Å²) in [6.07, 6.45) is 1.59. The van der Waals surface area contributed by atoms with Gasteiger partial charge in [-0.15, -0.1) is 0 Å². The lowest BCUT2D eigenvalue weighted by Gasteiger charge is -2.31. The van der Waals surface area contributed by atoms with Crippen molar-refractivity contribution in [1.29, 1.82) is 0 Å². The van der Waals surface area contributed by atoms with Crippen LogP contribution >= 0.6 is 12.2 Å². The molecule has 1 aliphatic rings. The average molecular weight is 291 g/mol. The number of thiocarbonyl (C=S) groups is 1. The first-order valence-corrected chi connectivity index (χ1v) is 7.10. The number of carbonyl (C=O) groups is 1. The zero-order chi connectivity index (χ0) is 14.6. The first kappa shape index (κ1) is 14.6. The number of amides is 2. The number of urea groups is 1. The van der Waals surface area contributed by atoms with Crippen LogP contribution in [0.2, 0.25) is 0 Å². The van der Waals surface area contributed by atoms with Crippen LogP contribution in [0.1, 0.15) is 19.4 Å². The van der Waals surface area contributed by atoms with E-state index in [0.29, 0.717) is 24.7 Å². The fourth-order valence-corrected chi connectivity index (χ4v) is 2.45. The molecule has 0 bridgehead atoms. The lowest BCUT2D eigenvalue weighted by molar-refractivity contribution is -0.802. The molecule has 0 aromatic heterocycles. The Morgan fingerprint density at radius 3 is 2.45 bits per heavy atom. The summed E-state index contributed by atoms with van der Waals surface area (Å²) >= 11 is 5.07. The largest absolute Gasteiger partial charge is 0.450 e. The summed E-state index contributed by atoms with van der Waals surface area (Å²) < 4.78 is -0.0788. The van der Waals surface area contributed by atoms with E-state index in [1.807, 2.05) is 44.2 Å². The molecule has 1 N–H and O–H groups in total. The van der Waals surface area contributed by atoms with E-state index in [1.165, 1.54) is 0 Å². The van der Waals surface area contributed by atoms with Gasteiger partial charge in [-0.2, -0.15) is 10.4 Å². The van der Waals surface area contributed by atoms with E-state index in [2.05, 4.69) is 10.4 Å². The van der Waals surface area contributed by atoms with Crippen LogP contribution in [0.3, 0.4) is 0 Å². The minimum absolute atomic E-state index is 0.0394. The van der Waals surface area contributed by atoms with Gasteiger partial charge in [0.1, 0.15) is 6.54 Å². The molecule has 1 aromatic rings. The molecule has 1 heterocycles. The Balaban J connectivity index is 2.30. The number of rotatable bonds is 4. The van der Waals surface area contributed by atoms with Crippen molar-refractivity contribution in [3.63, 3.8) is 0 Å². The van der Waals surface area contributed by atoms with Crippen molar-refractivity contribution in [2.45, 2.75) is 20.4 Å². The minimum Gasteiger partial charge on any atom is -0.290 e. The number of nitrogens with one attached hydrogen (secondary N) is 1. The Hall–Kier alpha value is -1.79. The molecule has 2 amide bonds. The Bertz CT molecular complexity index is 527. The summed E-state index contributed by atoms with van der Waals surface area (Å²) in [6.45, 7) is 5.73. The van der Waals surface area contributed by atoms with Crippen LogP contribution in [0.5, 0.6) is 0 Å². The summed E-state index contributed by atoms with van der Waals surface area (Å²) in [5.41, 5.74) is 4.07. The summed E-state index contributed by atoms with van der Waals surface area (Å²) in [4.78, 5) is 18.6. The highest BCUT2D eigenvalue weighted by Crippen LogP contribution is 2.17.